The quantitative estimate of drug-likeness (QED) is 0.593. The van der Waals surface area contributed by atoms with Crippen LogP contribution in [0.15, 0.2) is 78.9 Å². The number of carbonyl (C=O) groups is 1. The van der Waals surface area contributed by atoms with Crippen molar-refractivity contribution in [3.63, 3.8) is 0 Å². The average Bonchev–Trinajstić information content (AvgIpc) is 2.86. The van der Waals surface area contributed by atoms with Gasteiger partial charge in [0, 0.05) is 49.5 Å². The van der Waals surface area contributed by atoms with Crippen LogP contribution in [0.5, 0.6) is 0 Å². The molecule has 1 fully saturated rings. The number of para-hydroxylation sites is 1. The zero-order chi connectivity index (χ0) is 22.8. The number of hydrogen-bond acceptors (Lipinski definition) is 4. The Morgan fingerprint density at radius 2 is 1.67 bits per heavy atom. The van der Waals surface area contributed by atoms with Crippen molar-refractivity contribution in [3.05, 3.63) is 95.0 Å². The SMILES string of the molecule is CC(CN1c2ccccc2C(=O)NC1c1ccccc1)N1CCN(c2cccc(Cl)c2)CC1. The fourth-order valence-electron chi connectivity index (χ4n) is 4.93. The van der Waals surface area contributed by atoms with E-state index in [0.717, 1.165) is 54.6 Å². The van der Waals surface area contributed by atoms with Gasteiger partial charge in [-0.15, -0.1) is 0 Å². The maximum atomic E-state index is 12.8. The number of nitrogens with one attached hydrogen (secondary N) is 1. The number of anilines is 2. The van der Waals surface area contributed by atoms with Crippen LogP contribution in [0.25, 0.3) is 0 Å². The van der Waals surface area contributed by atoms with E-state index in [1.165, 1.54) is 5.69 Å². The van der Waals surface area contributed by atoms with Gasteiger partial charge in [-0.2, -0.15) is 0 Å². The van der Waals surface area contributed by atoms with E-state index in [4.69, 9.17) is 11.6 Å². The number of nitrogens with zero attached hydrogens (tertiary/aromatic N) is 3. The fraction of sp³-hybridized carbons (Fsp3) is 0.296. The number of hydrogen-bond donors (Lipinski definition) is 1. The lowest BCUT2D eigenvalue weighted by atomic mass is 10.0. The first-order chi connectivity index (χ1) is 16.1. The van der Waals surface area contributed by atoms with Gasteiger partial charge in [0.1, 0.15) is 6.17 Å². The topological polar surface area (TPSA) is 38.8 Å². The molecule has 0 aromatic heterocycles. The highest BCUT2D eigenvalue weighted by molar-refractivity contribution is 6.30. The van der Waals surface area contributed by atoms with E-state index in [1.807, 2.05) is 54.6 Å². The smallest absolute Gasteiger partial charge is 0.255 e. The number of fused-ring (bicyclic) bond motifs is 1. The van der Waals surface area contributed by atoms with Crippen molar-refractivity contribution in [1.82, 2.24) is 10.2 Å². The molecule has 0 bridgehead atoms. The largest absolute Gasteiger partial charge is 0.369 e. The van der Waals surface area contributed by atoms with E-state index in [9.17, 15) is 4.79 Å². The molecule has 5 rings (SSSR count). The molecule has 2 atom stereocenters. The molecule has 0 aliphatic carbocycles. The van der Waals surface area contributed by atoms with E-state index in [0.29, 0.717) is 6.04 Å². The second-order valence-corrected chi connectivity index (χ2v) is 9.24. The molecular formula is C27H29ClN4O. The Kier molecular flexibility index (Phi) is 6.25. The predicted molar refractivity (Wildman–Crippen MR) is 135 cm³/mol. The molecule has 3 aromatic carbocycles. The summed E-state index contributed by atoms with van der Waals surface area (Å²) in [7, 11) is 0. The minimum atomic E-state index is -0.177. The highest BCUT2D eigenvalue weighted by atomic mass is 35.5. The van der Waals surface area contributed by atoms with Crippen molar-refractivity contribution >= 4 is 28.9 Å². The summed E-state index contributed by atoms with van der Waals surface area (Å²) < 4.78 is 0. The maximum absolute atomic E-state index is 12.8. The van der Waals surface area contributed by atoms with Crippen LogP contribution >= 0.6 is 11.6 Å². The van der Waals surface area contributed by atoms with Crippen LogP contribution in [-0.2, 0) is 0 Å². The Balaban J connectivity index is 1.33. The number of benzene rings is 3. The molecule has 1 saturated heterocycles. The van der Waals surface area contributed by atoms with Gasteiger partial charge < -0.3 is 15.1 Å². The van der Waals surface area contributed by atoms with Gasteiger partial charge in [-0.1, -0.05) is 60.1 Å². The van der Waals surface area contributed by atoms with Gasteiger partial charge in [-0.25, -0.2) is 0 Å². The highest BCUT2D eigenvalue weighted by Gasteiger charge is 2.33. The third kappa shape index (κ3) is 4.56. The average molecular weight is 461 g/mol. The Labute approximate surface area is 200 Å². The van der Waals surface area contributed by atoms with Crippen molar-refractivity contribution in [1.29, 1.82) is 0 Å². The van der Waals surface area contributed by atoms with Crippen molar-refractivity contribution < 1.29 is 4.79 Å². The van der Waals surface area contributed by atoms with E-state index in [1.54, 1.807) is 0 Å². The molecule has 3 aromatic rings. The Bertz CT molecular complexity index is 1110. The summed E-state index contributed by atoms with van der Waals surface area (Å²) in [5.41, 5.74) is 4.02. The van der Waals surface area contributed by atoms with E-state index in [2.05, 4.69) is 51.2 Å². The predicted octanol–water partition coefficient (Wildman–Crippen LogP) is 4.80. The zero-order valence-corrected chi connectivity index (χ0v) is 19.6. The van der Waals surface area contributed by atoms with Crippen LogP contribution in [0, 0.1) is 0 Å². The summed E-state index contributed by atoms with van der Waals surface area (Å²) in [6, 6.07) is 26.6. The summed E-state index contributed by atoms with van der Waals surface area (Å²) >= 11 is 6.19. The number of carbonyl (C=O) groups excluding carboxylic acids is 1. The van der Waals surface area contributed by atoms with Crippen molar-refractivity contribution in [2.75, 3.05) is 42.5 Å². The minimum absolute atomic E-state index is 0.0153. The van der Waals surface area contributed by atoms with E-state index < -0.39 is 0 Å². The van der Waals surface area contributed by atoms with Gasteiger partial charge in [0.05, 0.1) is 11.3 Å². The maximum Gasteiger partial charge on any atom is 0.255 e. The zero-order valence-electron chi connectivity index (χ0n) is 18.8. The van der Waals surface area contributed by atoms with Crippen LogP contribution in [0.4, 0.5) is 11.4 Å². The molecule has 2 unspecified atom stereocenters. The van der Waals surface area contributed by atoms with Gasteiger partial charge in [-0.05, 0) is 42.8 Å². The molecule has 0 spiro atoms. The lowest BCUT2D eigenvalue weighted by Gasteiger charge is -2.44. The summed E-state index contributed by atoms with van der Waals surface area (Å²) in [5.74, 6) is -0.0153. The number of rotatable bonds is 5. The number of halogens is 1. The molecule has 170 valence electrons. The molecule has 6 heteroatoms. The highest BCUT2D eigenvalue weighted by Crippen LogP contribution is 2.33. The molecule has 2 aliphatic rings. The molecule has 33 heavy (non-hydrogen) atoms. The van der Waals surface area contributed by atoms with Gasteiger partial charge in [0.15, 0.2) is 0 Å². The molecule has 1 N–H and O–H groups in total. The Morgan fingerprint density at radius 3 is 2.42 bits per heavy atom. The van der Waals surface area contributed by atoms with Crippen molar-refractivity contribution in [2.45, 2.75) is 19.1 Å². The number of amides is 1. The van der Waals surface area contributed by atoms with Crippen LogP contribution in [0.1, 0.15) is 29.0 Å². The van der Waals surface area contributed by atoms with Gasteiger partial charge in [-0.3, -0.25) is 9.69 Å². The second kappa shape index (κ2) is 9.46. The summed E-state index contributed by atoms with van der Waals surface area (Å²) in [6.45, 7) is 7.04. The summed E-state index contributed by atoms with van der Waals surface area (Å²) in [4.78, 5) is 20.1. The van der Waals surface area contributed by atoms with Gasteiger partial charge in [0.2, 0.25) is 0 Å². The Hall–Kier alpha value is -3.02. The first kappa shape index (κ1) is 21.8. The van der Waals surface area contributed by atoms with Crippen LogP contribution in [0.3, 0.4) is 0 Å². The number of piperazine rings is 1. The summed E-state index contributed by atoms with van der Waals surface area (Å²) in [6.07, 6.45) is -0.177. The normalized spacial score (nSPS) is 19.7. The minimum Gasteiger partial charge on any atom is -0.369 e. The van der Waals surface area contributed by atoms with Crippen molar-refractivity contribution in [3.8, 4) is 0 Å². The molecule has 2 heterocycles. The monoisotopic (exact) mass is 460 g/mol. The molecule has 1 amide bonds. The van der Waals surface area contributed by atoms with Crippen LogP contribution in [0.2, 0.25) is 5.02 Å². The van der Waals surface area contributed by atoms with Crippen molar-refractivity contribution in [2.24, 2.45) is 0 Å². The fourth-order valence-corrected chi connectivity index (χ4v) is 5.12. The lowest BCUT2D eigenvalue weighted by molar-refractivity contribution is 0.0923. The van der Waals surface area contributed by atoms with Crippen LogP contribution in [-0.4, -0.2) is 49.6 Å². The molecule has 0 saturated carbocycles. The van der Waals surface area contributed by atoms with Crippen LogP contribution < -0.4 is 15.1 Å². The standard InChI is InChI=1S/C27H29ClN4O/c1-20(30-14-16-31(17-15-30)23-11-7-10-22(28)18-23)19-32-25-13-6-5-12-24(25)27(33)29-26(32)21-8-3-2-4-9-21/h2-13,18,20,26H,14-17,19H2,1H3,(H,29,33). The first-order valence-electron chi connectivity index (χ1n) is 11.6. The van der Waals surface area contributed by atoms with E-state index >= 15 is 0 Å². The second-order valence-electron chi connectivity index (χ2n) is 8.81. The van der Waals surface area contributed by atoms with Gasteiger partial charge >= 0.3 is 0 Å². The molecule has 2 aliphatic heterocycles. The molecular weight excluding hydrogens is 432 g/mol. The molecule has 5 nitrogen and oxygen atoms in total. The Morgan fingerprint density at radius 1 is 0.939 bits per heavy atom. The van der Waals surface area contributed by atoms with E-state index in [-0.39, 0.29) is 12.1 Å². The van der Waals surface area contributed by atoms with Gasteiger partial charge in [0.25, 0.3) is 5.91 Å². The summed E-state index contributed by atoms with van der Waals surface area (Å²) in [5, 5.41) is 4.01. The lowest BCUT2D eigenvalue weighted by Crippen LogP contribution is -2.55. The first-order valence-corrected chi connectivity index (χ1v) is 11.9. The molecule has 0 radical (unpaired) electrons. The third-order valence-electron chi connectivity index (χ3n) is 6.72. The third-order valence-corrected chi connectivity index (χ3v) is 6.96.